The van der Waals surface area contributed by atoms with E-state index in [0.29, 0.717) is 27.9 Å². The average molecular weight is 464 g/mol. The van der Waals surface area contributed by atoms with E-state index in [4.69, 9.17) is 15.9 Å². The van der Waals surface area contributed by atoms with Crippen molar-refractivity contribution in [2.24, 2.45) is 0 Å². The van der Waals surface area contributed by atoms with Gasteiger partial charge < -0.3 is 14.8 Å². The van der Waals surface area contributed by atoms with Crippen molar-refractivity contribution < 1.29 is 23.5 Å². The molecule has 1 heterocycles. The molecule has 0 aliphatic carbocycles. The van der Waals surface area contributed by atoms with E-state index in [1.807, 2.05) is 13.8 Å². The minimum Gasteiger partial charge on any atom is -0.460 e. The van der Waals surface area contributed by atoms with E-state index >= 15 is 0 Å². The fourth-order valence-corrected chi connectivity index (χ4v) is 3.55. The Morgan fingerprint density at radius 2 is 2.03 bits per heavy atom. The number of fused-ring (bicyclic) bond motifs is 1. The smallest absolute Gasteiger partial charge is 0.420 e. The lowest BCUT2D eigenvalue weighted by atomic mass is 9.92. The van der Waals surface area contributed by atoms with Crippen molar-refractivity contribution >= 4 is 28.7 Å². The second kappa shape index (κ2) is 10.8. The fraction of sp³-hybridized carbons (Fsp3) is 0.269. The van der Waals surface area contributed by atoms with Gasteiger partial charge in [0.2, 0.25) is 0 Å². The molecule has 0 spiro atoms. The number of nitrogens with zero attached hydrogens (tertiary/aromatic N) is 2. The second-order valence-electron chi connectivity index (χ2n) is 7.94. The predicted octanol–water partition coefficient (Wildman–Crippen LogP) is 4.38. The molecule has 2 aromatic carbocycles. The van der Waals surface area contributed by atoms with Crippen LogP contribution < -0.4 is 15.0 Å². The summed E-state index contributed by atoms with van der Waals surface area (Å²) in [5, 5.41) is 4.01. The topological polar surface area (TPSA) is 80.8 Å². The Bertz CT molecular complexity index is 1270. The number of aromatic nitrogens is 1. The van der Waals surface area contributed by atoms with Gasteiger partial charge >= 0.3 is 12.1 Å². The normalized spacial score (nSPS) is 10.7. The third kappa shape index (κ3) is 5.33. The van der Waals surface area contributed by atoms with E-state index in [1.165, 1.54) is 24.2 Å². The van der Waals surface area contributed by atoms with Crippen LogP contribution in [0.25, 0.3) is 10.8 Å². The van der Waals surface area contributed by atoms with E-state index in [0.717, 1.165) is 5.56 Å². The van der Waals surface area contributed by atoms with Crippen molar-refractivity contribution in [1.29, 1.82) is 0 Å². The number of carbonyl (C=O) groups is 2. The minimum atomic E-state index is -0.685. The Morgan fingerprint density at radius 3 is 2.71 bits per heavy atom. The number of anilines is 1. The van der Waals surface area contributed by atoms with Crippen LogP contribution in [0.2, 0.25) is 0 Å². The molecule has 1 aromatic heterocycles. The highest BCUT2D eigenvalue weighted by molar-refractivity contribution is 5.94. The Balaban J connectivity index is 1.89. The molecule has 34 heavy (non-hydrogen) atoms. The maximum absolute atomic E-state index is 14.3. The molecule has 0 saturated carbocycles. The van der Waals surface area contributed by atoms with Gasteiger partial charge in [-0.1, -0.05) is 31.9 Å². The van der Waals surface area contributed by atoms with Crippen LogP contribution in [0.15, 0.2) is 42.6 Å². The van der Waals surface area contributed by atoms with Gasteiger partial charge in [0, 0.05) is 24.2 Å². The third-order valence-corrected chi connectivity index (χ3v) is 5.21. The van der Waals surface area contributed by atoms with Gasteiger partial charge in [-0.05, 0) is 48.2 Å². The summed E-state index contributed by atoms with van der Waals surface area (Å²) in [6.45, 7) is 3.93. The highest BCUT2D eigenvalue weighted by Gasteiger charge is 2.21. The number of hydrogen-bond donors (Lipinski definition) is 1. The van der Waals surface area contributed by atoms with Gasteiger partial charge in [0.05, 0.1) is 12.1 Å². The maximum Gasteiger partial charge on any atom is 0.420 e. The lowest BCUT2D eigenvalue weighted by Crippen LogP contribution is -2.31. The molecule has 7 nitrogen and oxygen atoms in total. The van der Waals surface area contributed by atoms with E-state index in [1.54, 1.807) is 37.4 Å². The summed E-state index contributed by atoms with van der Waals surface area (Å²) < 4.78 is 25.1. The number of halogens is 1. The molecule has 0 saturated heterocycles. The maximum atomic E-state index is 14.3. The number of carbonyl (C=O) groups excluding carboxylic acids is 2. The molecule has 0 bridgehead atoms. The summed E-state index contributed by atoms with van der Waals surface area (Å²) in [5.41, 5.74) is 1.49. The molecule has 1 N–H and O–H groups in total. The SMILES string of the molecule is C#Cc1c(F)ccc2cc(OC(=O)N(C)c3ncccc3COC(=O)CNC)cc(C(C)C)c12. The quantitative estimate of drug-likeness (QED) is 0.414. The lowest BCUT2D eigenvalue weighted by Gasteiger charge is -2.20. The number of likely N-dealkylation sites (N-methyl/N-ethyl adjacent to an activating group) is 1. The van der Waals surface area contributed by atoms with E-state index in [2.05, 4.69) is 16.2 Å². The molecule has 0 atom stereocenters. The van der Waals surface area contributed by atoms with Crippen molar-refractivity contribution in [1.82, 2.24) is 10.3 Å². The molecule has 0 aliphatic rings. The number of terminal acetylenes is 1. The fourth-order valence-electron chi connectivity index (χ4n) is 3.55. The van der Waals surface area contributed by atoms with Gasteiger partial charge in [-0.15, -0.1) is 6.42 Å². The average Bonchev–Trinajstić information content (AvgIpc) is 2.82. The van der Waals surface area contributed by atoms with Crippen LogP contribution in [-0.4, -0.2) is 37.7 Å². The zero-order chi connectivity index (χ0) is 24.8. The van der Waals surface area contributed by atoms with Gasteiger partial charge in [-0.2, -0.15) is 0 Å². The summed E-state index contributed by atoms with van der Waals surface area (Å²) in [7, 11) is 3.15. The van der Waals surface area contributed by atoms with Gasteiger partial charge in [-0.25, -0.2) is 14.2 Å². The molecule has 1 amide bonds. The van der Waals surface area contributed by atoms with Crippen molar-refractivity contribution in [2.45, 2.75) is 26.4 Å². The summed E-state index contributed by atoms with van der Waals surface area (Å²) in [6, 6.07) is 9.64. The summed E-state index contributed by atoms with van der Waals surface area (Å²) in [4.78, 5) is 30.1. The molecule has 3 aromatic rings. The Labute approximate surface area is 197 Å². The Hall–Kier alpha value is -3.96. The number of hydrogen-bond acceptors (Lipinski definition) is 6. The highest BCUT2D eigenvalue weighted by atomic mass is 19.1. The van der Waals surface area contributed by atoms with Crippen LogP contribution in [0, 0.1) is 18.2 Å². The molecular formula is C26H26FN3O4. The van der Waals surface area contributed by atoms with Crippen LogP contribution in [0.1, 0.15) is 36.5 Å². The van der Waals surface area contributed by atoms with Gasteiger partial charge in [-0.3, -0.25) is 9.69 Å². The zero-order valence-electron chi connectivity index (χ0n) is 19.5. The van der Waals surface area contributed by atoms with Crippen LogP contribution in [0.4, 0.5) is 15.0 Å². The summed E-state index contributed by atoms with van der Waals surface area (Å²) >= 11 is 0. The van der Waals surface area contributed by atoms with Crippen molar-refractivity contribution in [3.05, 3.63) is 65.1 Å². The first-order valence-electron chi connectivity index (χ1n) is 10.7. The largest absolute Gasteiger partial charge is 0.460 e. The molecule has 0 aliphatic heterocycles. The number of ether oxygens (including phenoxy) is 2. The van der Waals surface area contributed by atoms with E-state index in [-0.39, 0.29) is 24.6 Å². The van der Waals surface area contributed by atoms with Gasteiger partial charge in [0.15, 0.2) is 0 Å². The first-order valence-corrected chi connectivity index (χ1v) is 10.7. The van der Waals surface area contributed by atoms with Crippen molar-refractivity contribution in [2.75, 3.05) is 25.5 Å². The minimum absolute atomic E-state index is 0.00229. The number of amides is 1. The molecule has 0 unspecified atom stereocenters. The third-order valence-electron chi connectivity index (χ3n) is 5.21. The second-order valence-corrected chi connectivity index (χ2v) is 7.94. The lowest BCUT2D eigenvalue weighted by molar-refractivity contribution is -0.143. The highest BCUT2D eigenvalue weighted by Crippen LogP contribution is 2.34. The molecular weight excluding hydrogens is 437 g/mol. The number of pyridine rings is 1. The summed E-state index contributed by atoms with van der Waals surface area (Å²) in [6.07, 6.45) is 6.40. The number of rotatable bonds is 7. The van der Waals surface area contributed by atoms with Gasteiger partial charge in [0.1, 0.15) is 24.0 Å². The first kappa shape index (κ1) is 24.7. The number of nitrogens with one attached hydrogen (secondary N) is 1. The van der Waals surface area contributed by atoms with Crippen LogP contribution in [-0.2, 0) is 16.1 Å². The van der Waals surface area contributed by atoms with Crippen LogP contribution in [0.3, 0.4) is 0 Å². The van der Waals surface area contributed by atoms with E-state index in [9.17, 15) is 14.0 Å². The summed E-state index contributed by atoms with van der Waals surface area (Å²) in [5.74, 6) is 2.12. The predicted molar refractivity (Wildman–Crippen MR) is 128 cm³/mol. The van der Waals surface area contributed by atoms with Crippen molar-refractivity contribution in [3.63, 3.8) is 0 Å². The zero-order valence-corrected chi connectivity index (χ0v) is 19.5. The molecule has 3 rings (SSSR count). The molecule has 0 fully saturated rings. The van der Waals surface area contributed by atoms with Crippen molar-refractivity contribution in [3.8, 4) is 18.1 Å². The van der Waals surface area contributed by atoms with Gasteiger partial charge in [0.25, 0.3) is 0 Å². The van der Waals surface area contributed by atoms with Crippen LogP contribution >= 0.6 is 0 Å². The number of benzene rings is 2. The first-order chi connectivity index (χ1) is 16.3. The Morgan fingerprint density at radius 1 is 1.26 bits per heavy atom. The standard InChI is InChI=1S/C26H26FN3O4/c1-6-20-22(27)10-9-17-12-19(13-21(16(2)3)24(17)20)34-26(32)30(5)25-18(8-7-11-29-25)15-33-23(31)14-28-4/h1,7-13,16,28H,14-15H2,2-5H3. The monoisotopic (exact) mass is 463 g/mol. The van der Waals surface area contributed by atoms with E-state index < -0.39 is 17.9 Å². The molecule has 0 radical (unpaired) electrons. The molecule has 8 heteroatoms. The molecule has 176 valence electrons. The Kier molecular flexibility index (Phi) is 7.82. The van der Waals surface area contributed by atoms with Crippen LogP contribution in [0.5, 0.6) is 5.75 Å². The number of esters is 1.